The van der Waals surface area contributed by atoms with Crippen molar-refractivity contribution in [2.75, 3.05) is 7.05 Å². The smallest absolute Gasteiger partial charge is 0.226 e. The molecule has 1 aromatic rings. The van der Waals surface area contributed by atoms with Gasteiger partial charge < -0.3 is 4.90 Å². The largest absolute Gasteiger partial charge is 0.338 e. The number of nitrogens with one attached hydrogen (secondary N) is 1. The van der Waals surface area contributed by atoms with Crippen LogP contribution in [0.25, 0.3) is 0 Å². The first-order valence-electron chi connectivity index (χ1n) is 5.87. The number of carbonyl (C=O) groups excluding carboxylic acids is 1. The van der Waals surface area contributed by atoms with Crippen LogP contribution in [0.15, 0.2) is 6.33 Å². The molecule has 0 spiro atoms. The fourth-order valence-electron chi connectivity index (χ4n) is 2.64. The zero-order chi connectivity index (χ0) is 12.8. The molecule has 2 rings (SSSR count). The molecule has 1 aromatic heterocycles. The van der Waals surface area contributed by atoms with Gasteiger partial charge in [0.2, 0.25) is 5.91 Å². The van der Waals surface area contributed by atoms with Crippen molar-refractivity contribution < 1.29 is 4.79 Å². The van der Waals surface area contributed by atoms with Crippen LogP contribution in [0.1, 0.15) is 33.5 Å². The summed E-state index contributed by atoms with van der Waals surface area (Å²) in [6.45, 7) is 9.09. The third-order valence-electron chi connectivity index (χ3n) is 4.50. The number of carbonyl (C=O) groups is 1. The van der Waals surface area contributed by atoms with Crippen LogP contribution < -0.4 is 0 Å². The normalized spacial score (nSPS) is 21.2. The zero-order valence-electron chi connectivity index (χ0n) is 11.1. The van der Waals surface area contributed by atoms with Crippen molar-refractivity contribution in [3.8, 4) is 0 Å². The van der Waals surface area contributed by atoms with Gasteiger partial charge in [-0.1, -0.05) is 27.7 Å². The first-order chi connectivity index (χ1) is 7.78. The van der Waals surface area contributed by atoms with Crippen LogP contribution in [0.4, 0.5) is 0 Å². The van der Waals surface area contributed by atoms with Crippen LogP contribution in [0.3, 0.4) is 0 Å². The van der Waals surface area contributed by atoms with Gasteiger partial charge in [0.25, 0.3) is 0 Å². The van der Waals surface area contributed by atoms with Gasteiger partial charge in [0.1, 0.15) is 12.2 Å². The van der Waals surface area contributed by atoms with E-state index in [-0.39, 0.29) is 22.7 Å². The Balaban J connectivity index is 2.03. The molecule has 1 N–H and O–H groups in total. The molecule has 0 aliphatic heterocycles. The number of nitrogens with zero attached hydrogens (tertiary/aromatic N) is 3. The molecule has 5 heteroatoms. The van der Waals surface area contributed by atoms with Crippen LogP contribution in [0.2, 0.25) is 0 Å². The molecule has 1 aliphatic carbocycles. The summed E-state index contributed by atoms with van der Waals surface area (Å²) in [7, 11) is 1.81. The molecule has 5 nitrogen and oxygen atoms in total. The SMILES string of the molecule is CN(Cc1ncn[nH]1)C(=O)C1C(C)(C)C1(C)C. The van der Waals surface area contributed by atoms with Gasteiger partial charge in [-0.25, -0.2) is 4.98 Å². The molecule has 0 bridgehead atoms. The van der Waals surface area contributed by atoms with Crippen LogP contribution >= 0.6 is 0 Å². The Kier molecular flexibility index (Phi) is 2.52. The number of aromatic amines is 1. The van der Waals surface area contributed by atoms with E-state index in [2.05, 4.69) is 42.9 Å². The third-order valence-corrected chi connectivity index (χ3v) is 4.50. The Morgan fingerprint density at radius 2 is 2.00 bits per heavy atom. The monoisotopic (exact) mass is 236 g/mol. The number of hydrogen-bond acceptors (Lipinski definition) is 3. The molecule has 1 fully saturated rings. The molecule has 0 unspecified atom stereocenters. The lowest BCUT2D eigenvalue weighted by Gasteiger charge is -2.16. The summed E-state index contributed by atoms with van der Waals surface area (Å²) >= 11 is 0. The van der Waals surface area contributed by atoms with Gasteiger partial charge in [-0.15, -0.1) is 0 Å². The van der Waals surface area contributed by atoms with Crippen LogP contribution in [-0.2, 0) is 11.3 Å². The molecule has 1 aliphatic rings. The third kappa shape index (κ3) is 1.73. The van der Waals surface area contributed by atoms with Crippen LogP contribution in [0, 0.1) is 16.7 Å². The summed E-state index contributed by atoms with van der Waals surface area (Å²) in [4.78, 5) is 18.1. The van der Waals surface area contributed by atoms with Crippen molar-refractivity contribution in [3.05, 3.63) is 12.2 Å². The summed E-state index contributed by atoms with van der Waals surface area (Å²) in [6, 6.07) is 0. The minimum atomic E-state index is 0.0831. The average molecular weight is 236 g/mol. The van der Waals surface area contributed by atoms with E-state index in [0.717, 1.165) is 5.82 Å². The Morgan fingerprint density at radius 3 is 2.41 bits per heavy atom. The maximum Gasteiger partial charge on any atom is 0.226 e. The van der Waals surface area contributed by atoms with Gasteiger partial charge in [0.05, 0.1) is 6.54 Å². The topological polar surface area (TPSA) is 61.9 Å². The minimum absolute atomic E-state index is 0.0831. The van der Waals surface area contributed by atoms with E-state index in [4.69, 9.17) is 0 Å². The molecule has 1 saturated carbocycles. The van der Waals surface area contributed by atoms with Gasteiger partial charge in [-0.3, -0.25) is 9.89 Å². The maximum absolute atomic E-state index is 12.3. The Labute approximate surface area is 102 Å². The fourth-order valence-corrected chi connectivity index (χ4v) is 2.64. The van der Waals surface area contributed by atoms with Crippen molar-refractivity contribution >= 4 is 5.91 Å². The number of rotatable bonds is 3. The number of H-pyrrole nitrogens is 1. The maximum atomic E-state index is 12.3. The minimum Gasteiger partial charge on any atom is -0.338 e. The number of hydrogen-bond donors (Lipinski definition) is 1. The first kappa shape index (κ1) is 12.1. The van der Waals surface area contributed by atoms with Gasteiger partial charge in [0.15, 0.2) is 0 Å². The van der Waals surface area contributed by atoms with Crippen molar-refractivity contribution in [1.82, 2.24) is 20.1 Å². The highest BCUT2D eigenvalue weighted by Crippen LogP contribution is 2.68. The molecule has 17 heavy (non-hydrogen) atoms. The van der Waals surface area contributed by atoms with Crippen molar-refractivity contribution in [3.63, 3.8) is 0 Å². The Hall–Kier alpha value is -1.39. The predicted molar refractivity (Wildman–Crippen MR) is 63.9 cm³/mol. The molecule has 0 atom stereocenters. The predicted octanol–water partition coefficient (Wildman–Crippen LogP) is 1.45. The van der Waals surface area contributed by atoms with Gasteiger partial charge >= 0.3 is 0 Å². The van der Waals surface area contributed by atoms with Crippen molar-refractivity contribution in [2.45, 2.75) is 34.2 Å². The summed E-state index contributed by atoms with van der Waals surface area (Å²) < 4.78 is 0. The molecule has 0 aromatic carbocycles. The van der Waals surface area contributed by atoms with E-state index in [1.165, 1.54) is 6.33 Å². The Morgan fingerprint density at radius 1 is 1.41 bits per heavy atom. The fraction of sp³-hybridized carbons (Fsp3) is 0.750. The van der Waals surface area contributed by atoms with Gasteiger partial charge in [0, 0.05) is 13.0 Å². The molecule has 0 saturated heterocycles. The quantitative estimate of drug-likeness (QED) is 0.864. The molecule has 0 radical (unpaired) electrons. The van der Waals surface area contributed by atoms with E-state index in [1.807, 2.05) is 7.05 Å². The van der Waals surface area contributed by atoms with E-state index in [0.29, 0.717) is 6.54 Å². The summed E-state index contributed by atoms with van der Waals surface area (Å²) in [5.41, 5.74) is 0.166. The lowest BCUT2D eigenvalue weighted by molar-refractivity contribution is -0.133. The average Bonchev–Trinajstić information content (AvgIpc) is 2.61. The van der Waals surface area contributed by atoms with Gasteiger partial charge in [-0.05, 0) is 10.8 Å². The second-order valence-corrected chi connectivity index (χ2v) is 6.00. The number of amides is 1. The highest BCUT2D eigenvalue weighted by Gasteiger charge is 2.68. The second kappa shape index (κ2) is 3.55. The number of aromatic nitrogens is 3. The molecule has 1 amide bonds. The van der Waals surface area contributed by atoms with Crippen LogP contribution in [0.5, 0.6) is 0 Å². The molecule has 94 valence electrons. The first-order valence-corrected chi connectivity index (χ1v) is 5.87. The van der Waals surface area contributed by atoms with E-state index < -0.39 is 0 Å². The highest BCUT2D eigenvalue weighted by atomic mass is 16.2. The molecular weight excluding hydrogens is 216 g/mol. The summed E-state index contributed by atoms with van der Waals surface area (Å²) in [6.07, 6.45) is 1.46. The van der Waals surface area contributed by atoms with Crippen molar-refractivity contribution in [1.29, 1.82) is 0 Å². The standard InChI is InChI=1S/C12H20N4O/c1-11(2)9(12(11,3)4)10(17)16(5)6-8-13-7-14-15-8/h7,9H,6H2,1-5H3,(H,13,14,15). The van der Waals surface area contributed by atoms with E-state index in [1.54, 1.807) is 4.90 Å². The highest BCUT2D eigenvalue weighted by molar-refractivity contribution is 5.84. The van der Waals surface area contributed by atoms with E-state index in [9.17, 15) is 4.79 Å². The second-order valence-electron chi connectivity index (χ2n) is 6.00. The van der Waals surface area contributed by atoms with Crippen molar-refractivity contribution in [2.24, 2.45) is 16.7 Å². The van der Waals surface area contributed by atoms with E-state index >= 15 is 0 Å². The summed E-state index contributed by atoms with van der Waals surface area (Å²) in [5, 5.41) is 6.55. The van der Waals surface area contributed by atoms with Crippen LogP contribution in [-0.4, -0.2) is 33.0 Å². The van der Waals surface area contributed by atoms with Gasteiger partial charge in [-0.2, -0.15) is 5.10 Å². The zero-order valence-corrected chi connectivity index (χ0v) is 11.1. The lowest BCUT2D eigenvalue weighted by atomic mass is 10.0. The molecular formula is C12H20N4O. The summed E-state index contributed by atoms with van der Waals surface area (Å²) in [5.74, 6) is 1.01. The Bertz CT molecular complexity index is 408. The lowest BCUT2D eigenvalue weighted by Crippen LogP contribution is -2.30. The molecule has 1 heterocycles.